The SMILES string of the molecule is O=C(CCOc1cc(Cl)ccc1Cl)ON1C(=O)c2ccccc2C1=O. The van der Waals surface area contributed by atoms with Gasteiger partial charge in [0, 0.05) is 11.1 Å². The van der Waals surface area contributed by atoms with Crippen molar-refractivity contribution in [3.05, 3.63) is 63.6 Å². The number of ether oxygens (including phenoxy) is 1. The Balaban J connectivity index is 1.56. The van der Waals surface area contributed by atoms with Crippen LogP contribution in [-0.4, -0.2) is 29.5 Å². The van der Waals surface area contributed by atoms with Gasteiger partial charge in [-0.2, -0.15) is 0 Å². The molecule has 3 rings (SSSR count). The lowest BCUT2D eigenvalue weighted by Gasteiger charge is -2.13. The van der Waals surface area contributed by atoms with Gasteiger partial charge < -0.3 is 9.57 Å². The largest absolute Gasteiger partial charge is 0.491 e. The second-order valence-corrected chi connectivity index (χ2v) is 5.93. The highest BCUT2D eigenvalue weighted by Gasteiger charge is 2.38. The molecule has 2 amide bonds. The smallest absolute Gasteiger partial charge is 0.336 e. The molecule has 0 bridgehead atoms. The van der Waals surface area contributed by atoms with Gasteiger partial charge in [0.15, 0.2) is 0 Å². The number of hydrogen-bond acceptors (Lipinski definition) is 5. The number of nitrogens with zero attached hydrogens (tertiary/aromatic N) is 1. The summed E-state index contributed by atoms with van der Waals surface area (Å²) in [5.41, 5.74) is 0.393. The maximum atomic E-state index is 12.1. The van der Waals surface area contributed by atoms with Gasteiger partial charge in [-0.05, 0) is 24.3 Å². The molecule has 25 heavy (non-hydrogen) atoms. The monoisotopic (exact) mass is 379 g/mol. The van der Waals surface area contributed by atoms with Gasteiger partial charge in [-0.25, -0.2) is 4.79 Å². The topological polar surface area (TPSA) is 72.9 Å². The normalized spacial score (nSPS) is 13.0. The molecular weight excluding hydrogens is 369 g/mol. The zero-order valence-electron chi connectivity index (χ0n) is 12.7. The molecule has 0 saturated heterocycles. The molecule has 128 valence electrons. The van der Waals surface area contributed by atoms with Crippen LogP contribution >= 0.6 is 23.2 Å². The van der Waals surface area contributed by atoms with E-state index in [1.165, 1.54) is 18.2 Å². The van der Waals surface area contributed by atoms with Crippen molar-refractivity contribution in [1.82, 2.24) is 5.06 Å². The minimum atomic E-state index is -0.785. The molecule has 0 aliphatic carbocycles. The molecule has 0 atom stereocenters. The van der Waals surface area contributed by atoms with E-state index in [0.29, 0.717) is 20.9 Å². The number of hydrogen-bond donors (Lipinski definition) is 0. The zero-order chi connectivity index (χ0) is 18.0. The van der Waals surface area contributed by atoms with Crippen LogP contribution in [0.1, 0.15) is 27.1 Å². The van der Waals surface area contributed by atoms with Crippen molar-refractivity contribution < 1.29 is 24.0 Å². The first-order valence-corrected chi connectivity index (χ1v) is 7.99. The predicted molar refractivity (Wildman–Crippen MR) is 89.6 cm³/mol. The molecule has 0 fully saturated rings. The fourth-order valence-corrected chi connectivity index (χ4v) is 2.56. The summed E-state index contributed by atoms with van der Waals surface area (Å²) in [5, 5.41) is 1.24. The Hall–Kier alpha value is -2.57. The van der Waals surface area contributed by atoms with Crippen LogP contribution in [0.5, 0.6) is 5.75 Å². The fourth-order valence-electron chi connectivity index (χ4n) is 2.23. The van der Waals surface area contributed by atoms with Crippen molar-refractivity contribution in [3.8, 4) is 5.75 Å². The highest BCUT2D eigenvalue weighted by atomic mass is 35.5. The number of benzene rings is 2. The van der Waals surface area contributed by atoms with Crippen LogP contribution in [0.15, 0.2) is 42.5 Å². The lowest BCUT2D eigenvalue weighted by atomic mass is 10.1. The second-order valence-electron chi connectivity index (χ2n) is 5.09. The summed E-state index contributed by atoms with van der Waals surface area (Å²) in [5.74, 6) is -1.81. The molecule has 8 heteroatoms. The molecule has 6 nitrogen and oxygen atoms in total. The molecule has 1 heterocycles. The van der Waals surface area contributed by atoms with Crippen molar-refractivity contribution >= 4 is 41.0 Å². The van der Waals surface area contributed by atoms with Crippen LogP contribution in [-0.2, 0) is 9.63 Å². The number of carbonyl (C=O) groups excluding carboxylic acids is 3. The van der Waals surface area contributed by atoms with Gasteiger partial charge in [-0.1, -0.05) is 40.4 Å². The fraction of sp³-hybridized carbons (Fsp3) is 0.118. The van der Waals surface area contributed by atoms with E-state index in [1.807, 2.05) is 0 Å². The van der Waals surface area contributed by atoms with Crippen molar-refractivity contribution in [3.63, 3.8) is 0 Å². The summed E-state index contributed by atoms with van der Waals surface area (Å²) in [6.45, 7) is -0.0535. The highest BCUT2D eigenvalue weighted by molar-refractivity contribution is 6.34. The third kappa shape index (κ3) is 3.60. The summed E-state index contributed by atoms with van der Waals surface area (Å²) in [6.07, 6.45) is -0.184. The van der Waals surface area contributed by atoms with Gasteiger partial charge in [0.2, 0.25) is 0 Å². The Morgan fingerprint density at radius 3 is 2.28 bits per heavy atom. The van der Waals surface area contributed by atoms with Gasteiger partial charge in [-0.3, -0.25) is 9.59 Å². The van der Waals surface area contributed by atoms with Crippen molar-refractivity contribution in [2.75, 3.05) is 6.61 Å². The summed E-state index contributed by atoms with van der Waals surface area (Å²) >= 11 is 11.8. The van der Waals surface area contributed by atoms with E-state index < -0.39 is 17.8 Å². The molecule has 0 radical (unpaired) electrons. The molecule has 1 aliphatic rings. The first-order chi connectivity index (χ1) is 12.0. The van der Waals surface area contributed by atoms with Crippen LogP contribution in [0.25, 0.3) is 0 Å². The predicted octanol–water partition coefficient (Wildman–Crippen LogP) is 3.52. The minimum Gasteiger partial charge on any atom is -0.491 e. The van der Waals surface area contributed by atoms with Gasteiger partial charge >= 0.3 is 5.97 Å². The van der Waals surface area contributed by atoms with Crippen LogP contribution < -0.4 is 4.74 Å². The molecule has 0 unspecified atom stereocenters. The Morgan fingerprint density at radius 1 is 1.00 bits per heavy atom. The summed E-state index contributed by atoms with van der Waals surface area (Å²) in [6, 6.07) is 10.9. The third-order valence-electron chi connectivity index (χ3n) is 3.41. The number of halogens is 2. The number of rotatable bonds is 5. The third-order valence-corrected chi connectivity index (χ3v) is 3.95. The number of hydroxylamine groups is 2. The molecule has 0 spiro atoms. The zero-order valence-corrected chi connectivity index (χ0v) is 14.2. The van der Waals surface area contributed by atoms with Gasteiger partial charge in [0.05, 0.1) is 29.2 Å². The van der Waals surface area contributed by atoms with Crippen molar-refractivity contribution in [2.45, 2.75) is 6.42 Å². The number of fused-ring (bicyclic) bond motifs is 1. The van der Waals surface area contributed by atoms with Crippen LogP contribution in [0, 0.1) is 0 Å². The van der Waals surface area contributed by atoms with Crippen LogP contribution in [0.2, 0.25) is 10.0 Å². The summed E-state index contributed by atoms with van der Waals surface area (Å²) in [7, 11) is 0. The van der Waals surface area contributed by atoms with Gasteiger partial charge in [-0.15, -0.1) is 0 Å². The van der Waals surface area contributed by atoms with Crippen LogP contribution in [0.3, 0.4) is 0 Å². The average molecular weight is 380 g/mol. The van der Waals surface area contributed by atoms with E-state index in [1.54, 1.807) is 24.3 Å². The van der Waals surface area contributed by atoms with E-state index in [9.17, 15) is 14.4 Å². The van der Waals surface area contributed by atoms with E-state index in [-0.39, 0.29) is 24.2 Å². The summed E-state index contributed by atoms with van der Waals surface area (Å²) in [4.78, 5) is 40.9. The molecule has 0 N–H and O–H groups in total. The first-order valence-electron chi connectivity index (χ1n) is 7.24. The standard InChI is InChI=1S/C17H11Cl2NO5/c18-10-5-6-13(19)14(9-10)24-8-7-15(21)25-20-16(22)11-3-1-2-4-12(11)17(20)23/h1-6,9H,7-8H2. The second kappa shape index (κ2) is 7.13. The van der Waals surface area contributed by atoms with Crippen LogP contribution in [0.4, 0.5) is 0 Å². The lowest BCUT2D eigenvalue weighted by Crippen LogP contribution is -2.33. The van der Waals surface area contributed by atoms with E-state index in [0.717, 1.165) is 0 Å². The maximum absolute atomic E-state index is 12.1. The molecule has 1 aliphatic heterocycles. The number of amides is 2. The Kier molecular flexibility index (Phi) is 4.92. The van der Waals surface area contributed by atoms with Gasteiger partial charge in [0.1, 0.15) is 5.75 Å². The quantitative estimate of drug-likeness (QED) is 0.743. The maximum Gasteiger partial charge on any atom is 0.336 e. The highest BCUT2D eigenvalue weighted by Crippen LogP contribution is 2.28. The summed E-state index contributed by atoms with van der Waals surface area (Å²) < 4.78 is 5.36. The molecule has 2 aromatic carbocycles. The Labute approximate surface area is 152 Å². The number of carbonyl (C=O) groups is 3. The van der Waals surface area contributed by atoms with E-state index >= 15 is 0 Å². The van der Waals surface area contributed by atoms with Crippen molar-refractivity contribution in [1.29, 1.82) is 0 Å². The first kappa shape index (κ1) is 17.3. The van der Waals surface area contributed by atoms with Gasteiger partial charge in [0.25, 0.3) is 11.8 Å². The lowest BCUT2D eigenvalue weighted by molar-refractivity contribution is -0.169. The molecule has 0 aromatic heterocycles. The number of imide groups is 1. The molecule has 2 aromatic rings. The Morgan fingerprint density at radius 2 is 1.64 bits per heavy atom. The van der Waals surface area contributed by atoms with E-state index in [2.05, 4.69) is 0 Å². The molecular formula is C17H11Cl2NO5. The molecule has 0 saturated carbocycles. The average Bonchev–Trinajstić information content (AvgIpc) is 2.83. The minimum absolute atomic E-state index is 0.0535. The van der Waals surface area contributed by atoms with Crippen molar-refractivity contribution in [2.24, 2.45) is 0 Å². The Bertz CT molecular complexity index is 833. The van der Waals surface area contributed by atoms with E-state index in [4.69, 9.17) is 32.8 Å².